The number of likely N-dealkylation sites (tertiary alicyclic amines) is 1. The van der Waals surface area contributed by atoms with Gasteiger partial charge < -0.3 is 15.3 Å². The summed E-state index contributed by atoms with van der Waals surface area (Å²) >= 11 is 0. The summed E-state index contributed by atoms with van der Waals surface area (Å²) in [6.45, 7) is 1.71. The van der Waals surface area contributed by atoms with Crippen molar-refractivity contribution >= 4 is 12.0 Å². The van der Waals surface area contributed by atoms with Crippen LogP contribution in [0.3, 0.4) is 0 Å². The van der Waals surface area contributed by atoms with E-state index in [1.807, 2.05) is 35.2 Å². The Hall–Kier alpha value is -2.04. The van der Waals surface area contributed by atoms with Crippen LogP contribution >= 0.6 is 0 Å². The highest BCUT2D eigenvalue weighted by atomic mass is 16.4. The average molecular weight is 330 g/mol. The largest absolute Gasteiger partial charge is 0.481 e. The Morgan fingerprint density at radius 2 is 1.88 bits per heavy atom. The molecule has 2 aliphatic rings. The lowest BCUT2D eigenvalue weighted by Gasteiger charge is -2.46. The van der Waals surface area contributed by atoms with Crippen molar-refractivity contribution in [3.63, 3.8) is 0 Å². The highest BCUT2D eigenvalue weighted by Gasteiger charge is 2.38. The third-order valence-electron chi connectivity index (χ3n) is 5.37. The van der Waals surface area contributed by atoms with Crippen LogP contribution < -0.4 is 5.32 Å². The van der Waals surface area contributed by atoms with Crippen LogP contribution in [0.1, 0.15) is 37.7 Å². The van der Waals surface area contributed by atoms with Crippen molar-refractivity contribution in [1.29, 1.82) is 0 Å². The minimum Gasteiger partial charge on any atom is -0.481 e. The van der Waals surface area contributed by atoms with E-state index >= 15 is 0 Å². The van der Waals surface area contributed by atoms with Gasteiger partial charge >= 0.3 is 12.0 Å². The number of hydrogen-bond donors (Lipinski definition) is 2. The van der Waals surface area contributed by atoms with Crippen molar-refractivity contribution in [2.75, 3.05) is 13.1 Å². The predicted octanol–water partition coefficient (Wildman–Crippen LogP) is 2.90. The summed E-state index contributed by atoms with van der Waals surface area (Å²) in [7, 11) is 0. The van der Waals surface area contributed by atoms with Crippen molar-refractivity contribution < 1.29 is 14.7 Å². The zero-order valence-electron chi connectivity index (χ0n) is 14.0. The van der Waals surface area contributed by atoms with E-state index in [0.717, 1.165) is 24.6 Å². The fourth-order valence-corrected chi connectivity index (χ4v) is 3.58. The molecule has 1 aliphatic heterocycles. The lowest BCUT2D eigenvalue weighted by molar-refractivity contribution is -0.137. The van der Waals surface area contributed by atoms with Gasteiger partial charge in [0, 0.05) is 25.6 Å². The van der Waals surface area contributed by atoms with Gasteiger partial charge in [0.2, 0.25) is 0 Å². The third kappa shape index (κ3) is 4.28. The van der Waals surface area contributed by atoms with E-state index in [1.54, 1.807) is 0 Å². The third-order valence-corrected chi connectivity index (χ3v) is 5.37. The molecule has 0 aromatic heterocycles. The quantitative estimate of drug-likeness (QED) is 0.807. The van der Waals surface area contributed by atoms with E-state index in [9.17, 15) is 9.59 Å². The van der Waals surface area contributed by atoms with Gasteiger partial charge in [-0.2, -0.15) is 0 Å². The minimum absolute atomic E-state index is 0.0445. The first-order chi connectivity index (χ1) is 11.6. The Morgan fingerprint density at radius 1 is 1.17 bits per heavy atom. The molecule has 1 aliphatic carbocycles. The van der Waals surface area contributed by atoms with E-state index in [2.05, 4.69) is 5.32 Å². The number of aliphatic carboxylic acids is 1. The first kappa shape index (κ1) is 16.8. The molecule has 2 fully saturated rings. The number of carboxylic acids is 1. The van der Waals surface area contributed by atoms with Crippen LogP contribution in [0.15, 0.2) is 30.3 Å². The van der Waals surface area contributed by atoms with Crippen LogP contribution in [0.25, 0.3) is 0 Å². The van der Waals surface area contributed by atoms with Gasteiger partial charge in [0.1, 0.15) is 0 Å². The van der Waals surface area contributed by atoms with Crippen LogP contribution in [0, 0.1) is 11.8 Å². The van der Waals surface area contributed by atoms with Gasteiger partial charge in [-0.25, -0.2) is 4.79 Å². The van der Waals surface area contributed by atoms with E-state index in [-0.39, 0.29) is 18.5 Å². The Balaban J connectivity index is 1.50. The second-order valence-electron chi connectivity index (χ2n) is 7.12. The second kappa shape index (κ2) is 7.69. The highest BCUT2D eigenvalue weighted by molar-refractivity contribution is 5.75. The highest BCUT2D eigenvalue weighted by Crippen LogP contribution is 2.38. The molecule has 3 rings (SSSR count). The van der Waals surface area contributed by atoms with Gasteiger partial charge in [-0.1, -0.05) is 49.6 Å². The summed E-state index contributed by atoms with van der Waals surface area (Å²) in [5, 5.41) is 12.0. The Morgan fingerprint density at radius 3 is 2.46 bits per heavy atom. The van der Waals surface area contributed by atoms with Crippen LogP contribution in [0.4, 0.5) is 4.79 Å². The van der Waals surface area contributed by atoms with Gasteiger partial charge in [0.25, 0.3) is 0 Å². The number of carboxylic acid groups (broad SMARTS) is 1. The van der Waals surface area contributed by atoms with Gasteiger partial charge in [-0.15, -0.1) is 0 Å². The number of carbonyl (C=O) groups excluding carboxylic acids is 1. The van der Waals surface area contributed by atoms with Gasteiger partial charge in [-0.05, 0) is 30.2 Å². The molecule has 1 aromatic carbocycles. The first-order valence-corrected chi connectivity index (χ1v) is 8.93. The van der Waals surface area contributed by atoms with E-state index in [0.29, 0.717) is 18.8 Å². The van der Waals surface area contributed by atoms with Gasteiger partial charge in [-0.3, -0.25) is 4.79 Å². The molecular formula is C19H26N2O3. The van der Waals surface area contributed by atoms with Crippen LogP contribution in [0.2, 0.25) is 0 Å². The number of amides is 2. The summed E-state index contributed by atoms with van der Waals surface area (Å²) in [5.74, 6) is 0.675. The summed E-state index contributed by atoms with van der Waals surface area (Å²) in [5.41, 5.74) is 1.11. The fourth-order valence-electron chi connectivity index (χ4n) is 3.58. The molecule has 5 heteroatoms. The lowest BCUT2D eigenvalue weighted by atomic mass is 9.73. The molecule has 2 N–H and O–H groups in total. The number of urea groups is 1. The van der Waals surface area contributed by atoms with Crippen molar-refractivity contribution in [3.8, 4) is 0 Å². The fraction of sp³-hybridized carbons (Fsp3) is 0.579. The average Bonchev–Trinajstić information content (AvgIpc) is 2.46. The van der Waals surface area contributed by atoms with Crippen molar-refractivity contribution in [3.05, 3.63) is 35.9 Å². The van der Waals surface area contributed by atoms with E-state index < -0.39 is 5.97 Å². The molecule has 0 spiro atoms. The number of rotatable bonds is 7. The summed E-state index contributed by atoms with van der Waals surface area (Å²) < 4.78 is 0. The van der Waals surface area contributed by atoms with E-state index in [4.69, 9.17) is 5.11 Å². The van der Waals surface area contributed by atoms with Gasteiger partial charge in [0.05, 0.1) is 0 Å². The molecule has 5 nitrogen and oxygen atoms in total. The molecule has 1 unspecified atom stereocenters. The predicted molar refractivity (Wildman–Crippen MR) is 91.7 cm³/mol. The van der Waals surface area contributed by atoms with Crippen LogP contribution in [-0.4, -0.2) is 41.1 Å². The van der Waals surface area contributed by atoms with Crippen molar-refractivity contribution in [2.24, 2.45) is 11.8 Å². The molecular weight excluding hydrogens is 304 g/mol. The monoisotopic (exact) mass is 330 g/mol. The van der Waals surface area contributed by atoms with Crippen molar-refractivity contribution in [1.82, 2.24) is 10.2 Å². The zero-order chi connectivity index (χ0) is 16.9. The summed E-state index contributed by atoms with van der Waals surface area (Å²) in [6.07, 6.45) is 5.16. The molecule has 1 saturated carbocycles. The summed E-state index contributed by atoms with van der Waals surface area (Å²) in [6, 6.07) is 9.71. The smallest absolute Gasteiger partial charge is 0.317 e. The minimum atomic E-state index is -0.823. The molecule has 2 amide bonds. The zero-order valence-corrected chi connectivity index (χ0v) is 14.0. The maximum absolute atomic E-state index is 12.4. The molecule has 1 aromatic rings. The summed E-state index contributed by atoms with van der Waals surface area (Å²) in [4.78, 5) is 25.2. The Bertz CT molecular complexity index is 565. The van der Waals surface area contributed by atoms with Gasteiger partial charge in [0.15, 0.2) is 0 Å². The number of benzene rings is 1. The molecule has 130 valence electrons. The number of nitrogens with zero attached hydrogens (tertiary/aromatic N) is 1. The Kier molecular flexibility index (Phi) is 5.38. The molecule has 1 atom stereocenters. The van der Waals surface area contributed by atoms with Crippen LogP contribution in [0.5, 0.6) is 0 Å². The molecule has 0 bridgehead atoms. The number of hydrogen-bond acceptors (Lipinski definition) is 2. The standard InChI is InChI=1S/C19H26N2O3/c22-18(23)10-9-17(11-14-5-2-1-3-6-14)20-19(24)21-12-16(13-21)15-7-4-8-15/h1-3,5-6,15-17H,4,7-13H2,(H,20,24)(H,22,23). The molecule has 1 heterocycles. The maximum Gasteiger partial charge on any atom is 0.317 e. The lowest BCUT2D eigenvalue weighted by Crippen LogP contribution is -2.58. The number of carbonyl (C=O) groups is 2. The SMILES string of the molecule is O=C(O)CCC(Cc1ccccc1)NC(=O)N1CC(C2CCC2)C1. The number of nitrogens with one attached hydrogen (secondary N) is 1. The molecule has 0 radical (unpaired) electrons. The second-order valence-corrected chi connectivity index (χ2v) is 7.12. The normalized spacial score (nSPS) is 19.2. The maximum atomic E-state index is 12.4. The first-order valence-electron chi connectivity index (χ1n) is 8.93. The molecule has 1 saturated heterocycles. The molecule has 24 heavy (non-hydrogen) atoms. The Labute approximate surface area is 143 Å². The van der Waals surface area contributed by atoms with Crippen LogP contribution in [-0.2, 0) is 11.2 Å². The topological polar surface area (TPSA) is 69.6 Å². The van der Waals surface area contributed by atoms with Crippen molar-refractivity contribution in [2.45, 2.75) is 44.6 Å². The van der Waals surface area contributed by atoms with E-state index in [1.165, 1.54) is 19.3 Å².